The number of piperidine rings is 1. The van der Waals surface area contributed by atoms with Crippen LogP contribution >= 0.6 is 0 Å². The van der Waals surface area contributed by atoms with E-state index in [-0.39, 0.29) is 0 Å². The minimum Gasteiger partial charge on any atom is -0.481 e. The minimum atomic E-state index is -0.735. The van der Waals surface area contributed by atoms with E-state index in [2.05, 4.69) is 27.6 Å². The van der Waals surface area contributed by atoms with Crippen molar-refractivity contribution < 1.29 is 9.90 Å². The molecule has 0 aliphatic carbocycles. The van der Waals surface area contributed by atoms with Gasteiger partial charge in [0.25, 0.3) is 0 Å². The van der Waals surface area contributed by atoms with Gasteiger partial charge in [-0.05, 0) is 38.8 Å². The van der Waals surface area contributed by atoms with Crippen LogP contribution in [0.2, 0.25) is 0 Å². The normalized spacial score (nSPS) is 26.5. The summed E-state index contributed by atoms with van der Waals surface area (Å²) >= 11 is 0. The van der Waals surface area contributed by atoms with Crippen LogP contribution in [0.3, 0.4) is 0 Å². The second kappa shape index (κ2) is 6.18. The van der Waals surface area contributed by atoms with Crippen molar-refractivity contribution in [2.75, 3.05) is 13.1 Å². The van der Waals surface area contributed by atoms with Crippen LogP contribution in [0, 0.1) is 0 Å². The number of aromatic nitrogens is 2. The number of aryl methyl sites for hydroxylation is 1. The van der Waals surface area contributed by atoms with Gasteiger partial charge in [0.05, 0.1) is 5.69 Å². The van der Waals surface area contributed by atoms with Gasteiger partial charge in [-0.25, -0.2) is 4.98 Å². The number of likely N-dealkylation sites (N-methyl/N-ethyl adjacent to an activating group) is 1. The van der Waals surface area contributed by atoms with Crippen molar-refractivity contribution in [2.45, 2.75) is 64.0 Å². The Morgan fingerprint density at radius 2 is 2.19 bits per heavy atom. The summed E-state index contributed by atoms with van der Waals surface area (Å²) in [6, 6.07) is 0.573. The summed E-state index contributed by atoms with van der Waals surface area (Å²) in [5.41, 5.74) is 1.07. The van der Waals surface area contributed by atoms with Crippen molar-refractivity contribution in [1.29, 1.82) is 0 Å². The van der Waals surface area contributed by atoms with Gasteiger partial charge in [-0.2, -0.15) is 0 Å². The first-order chi connectivity index (χ1) is 10.2. The minimum absolute atomic E-state index is 0.416. The van der Waals surface area contributed by atoms with Crippen molar-refractivity contribution in [2.24, 2.45) is 0 Å². The molecule has 3 rings (SSSR count). The molecule has 0 spiro atoms. The number of carboxylic acids is 1. The third-order valence-corrected chi connectivity index (χ3v) is 4.96. The molecular formula is C16H25N3O2. The molecule has 0 aromatic carbocycles. The molecule has 0 amide bonds. The summed E-state index contributed by atoms with van der Waals surface area (Å²) in [7, 11) is 0. The van der Waals surface area contributed by atoms with E-state index in [0.29, 0.717) is 6.04 Å². The quantitative estimate of drug-likeness (QED) is 0.924. The average molecular weight is 291 g/mol. The Hall–Kier alpha value is -1.36. The van der Waals surface area contributed by atoms with E-state index in [1.165, 1.54) is 25.8 Å². The summed E-state index contributed by atoms with van der Waals surface area (Å²) < 4.78 is 2.07. The molecule has 5 nitrogen and oxygen atoms in total. The molecule has 2 unspecified atom stereocenters. The third kappa shape index (κ3) is 2.98. The lowest BCUT2D eigenvalue weighted by Crippen LogP contribution is -2.40. The molecule has 1 aromatic rings. The monoisotopic (exact) mass is 291 g/mol. The molecule has 0 radical (unpaired) electrons. The Kier molecular flexibility index (Phi) is 4.29. The maximum absolute atomic E-state index is 11.4. The van der Waals surface area contributed by atoms with Gasteiger partial charge in [0.2, 0.25) is 0 Å². The summed E-state index contributed by atoms with van der Waals surface area (Å²) in [5.74, 6) is -0.385. The van der Waals surface area contributed by atoms with E-state index in [9.17, 15) is 9.90 Å². The molecule has 2 atom stereocenters. The third-order valence-electron chi connectivity index (χ3n) is 4.96. The van der Waals surface area contributed by atoms with Crippen molar-refractivity contribution in [3.63, 3.8) is 0 Å². The molecule has 0 saturated carbocycles. The summed E-state index contributed by atoms with van der Waals surface area (Å²) in [6.45, 7) is 5.41. The van der Waals surface area contributed by atoms with Gasteiger partial charge < -0.3 is 14.6 Å². The molecule has 1 saturated heterocycles. The zero-order chi connectivity index (χ0) is 14.8. The zero-order valence-corrected chi connectivity index (χ0v) is 12.8. The molecule has 3 heterocycles. The fraction of sp³-hybridized carbons (Fsp3) is 0.750. The second-order valence-corrected chi connectivity index (χ2v) is 6.30. The standard InChI is InChI=1S/C16H25N3O2/c1-2-18-8-4-3-6-13(18)10-12-11-19-9-5-7-14(16(20)21)15(19)17-12/h11,13-14H,2-10H2,1H3,(H,20,21). The molecule has 1 fully saturated rings. The number of aliphatic carboxylic acids is 1. The summed E-state index contributed by atoms with van der Waals surface area (Å²) in [5, 5.41) is 9.33. The van der Waals surface area contributed by atoms with Gasteiger partial charge in [0.15, 0.2) is 0 Å². The van der Waals surface area contributed by atoms with Crippen LogP contribution in [-0.4, -0.2) is 44.7 Å². The first kappa shape index (κ1) is 14.6. The number of carboxylic acid groups (broad SMARTS) is 1. The van der Waals surface area contributed by atoms with Crippen LogP contribution in [0.25, 0.3) is 0 Å². The van der Waals surface area contributed by atoms with E-state index in [4.69, 9.17) is 0 Å². The van der Waals surface area contributed by atoms with Crippen LogP contribution in [0.4, 0.5) is 0 Å². The van der Waals surface area contributed by atoms with Gasteiger partial charge in [0.1, 0.15) is 11.7 Å². The van der Waals surface area contributed by atoms with Crippen LogP contribution in [0.5, 0.6) is 0 Å². The van der Waals surface area contributed by atoms with Gasteiger partial charge in [-0.15, -0.1) is 0 Å². The highest BCUT2D eigenvalue weighted by molar-refractivity contribution is 5.75. The van der Waals surface area contributed by atoms with E-state index in [1.54, 1.807) is 0 Å². The van der Waals surface area contributed by atoms with Crippen molar-refractivity contribution in [1.82, 2.24) is 14.5 Å². The number of fused-ring (bicyclic) bond motifs is 1. The second-order valence-electron chi connectivity index (χ2n) is 6.30. The largest absolute Gasteiger partial charge is 0.481 e. The number of imidazole rings is 1. The van der Waals surface area contributed by atoms with Gasteiger partial charge in [-0.1, -0.05) is 13.3 Å². The highest BCUT2D eigenvalue weighted by atomic mass is 16.4. The Balaban J connectivity index is 1.76. The van der Waals surface area contributed by atoms with E-state index in [1.807, 2.05) is 0 Å². The van der Waals surface area contributed by atoms with Gasteiger partial charge >= 0.3 is 5.97 Å². The molecule has 5 heteroatoms. The lowest BCUT2D eigenvalue weighted by molar-refractivity contribution is -0.139. The number of likely N-dealkylation sites (tertiary alicyclic amines) is 1. The first-order valence-electron chi connectivity index (χ1n) is 8.22. The maximum Gasteiger partial charge on any atom is 0.314 e. The molecule has 21 heavy (non-hydrogen) atoms. The molecular weight excluding hydrogens is 266 g/mol. The molecule has 2 aliphatic rings. The zero-order valence-electron chi connectivity index (χ0n) is 12.8. The number of hydrogen-bond donors (Lipinski definition) is 1. The number of hydrogen-bond acceptors (Lipinski definition) is 3. The predicted molar refractivity (Wildman–Crippen MR) is 80.4 cm³/mol. The maximum atomic E-state index is 11.4. The van der Waals surface area contributed by atoms with E-state index >= 15 is 0 Å². The number of rotatable bonds is 4. The van der Waals surface area contributed by atoms with E-state index in [0.717, 1.165) is 43.9 Å². The van der Waals surface area contributed by atoms with Gasteiger partial charge in [-0.3, -0.25) is 4.79 Å². The summed E-state index contributed by atoms with van der Waals surface area (Å²) in [4.78, 5) is 18.6. The average Bonchev–Trinajstić information content (AvgIpc) is 2.89. The van der Waals surface area contributed by atoms with Gasteiger partial charge in [0, 0.05) is 25.2 Å². The lowest BCUT2D eigenvalue weighted by Gasteiger charge is -2.34. The van der Waals surface area contributed by atoms with Crippen LogP contribution < -0.4 is 0 Å². The van der Waals surface area contributed by atoms with Crippen LogP contribution in [0.1, 0.15) is 56.5 Å². The van der Waals surface area contributed by atoms with Crippen molar-refractivity contribution in [3.05, 3.63) is 17.7 Å². The molecule has 116 valence electrons. The Morgan fingerprint density at radius 3 is 2.95 bits per heavy atom. The molecule has 1 aromatic heterocycles. The molecule has 0 bridgehead atoms. The molecule has 1 N–H and O–H groups in total. The van der Waals surface area contributed by atoms with E-state index < -0.39 is 11.9 Å². The summed E-state index contributed by atoms with van der Waals surface area (Å²) in [6.07, 6.45) is 8.53. The molecule has 2 aliphatic heterocycles. The fourth-order valence-corrected chi connectivity index (χ4v) is 3.82. The topological polar surface area (TPSA) is 58.4 Å². The fourth-order valence-electron chi connectivity index (χ4n) is 3.82. The highest BCUT2D eigenvalue weighted by Crippen LogP contribution is 2.28. The van der Waals surface area contributed by atoms with Crippen molar-refractivity contribution >= 4 is 5.97 Å². The van der Waals surface area contributed by atoms with Crippen LogP contribution in [0.15, 0.2) is 6.20 Å². The Labute approximate surface area is 126 Å². The number of nitrogens with zero attached hydrogens (tertiary/aromatic N) is 3. The van der Waals surface area contributed by atoms with Crippen LogP contribution in [-0.2, 0) is 17.8 Å². The lowest BCUT2D eigenvalue weighted by atomic mass is 9.98. The predicted octanol–water partition coefficient (Wildman–Crippen LogP) is 2.26. The Morgan fingerprint density at radius 1 is 1.33 bits per heavy atom. The Bertz CT molecular complexity index is 512. The SMILES string of the molecule is CCN1CCCCC1Cc1cn2c(n1)C(C(=O)O)CCC2. The van der Waals surface area contributed by atoms with Crippen molar-refractivity contribution in [3.8, 4) is 0 Å². The smallest absolute Gasteiger partial charge is 0.314 e. The highest BCUT2D eigenvalue weighted by Gasteiger charge is 2.30. The number of carbonyl (C=O) groups is 1. The first-order valence-corrected chi connectivity index (χ1v) is 8.22.